The fourth-order valence-electron chi connectivity index (χ4n) is 12.9. The summed E-state index contributed by atoms with van der Waals surface area (Å²) < 4.78 is 12.6. The molecule has 0 bridgehead atoms. The smallest absolute Gasteiger partial charge is 0.0481 e. The Morgan fingerprint density at radius 3 is 1.17 bits per heavy atom. The van der Waals surface area contributed by atoms with Gasteiger partial charge in [0.15, 0.2) is 0 Å². The van der Waals surface area contributed by atoms with Crippen LogP contribution in [0.15, 0.2) is 237 Å². The molecule has 0 N–H and O–H groups in total. The van der Waals surface area contributed by atoms with E-state index in [1.54, 1.807) is 0 Å². The van der Waals surface area contributed by atoms with Crippen molar-refractivity contribution in [2.24, 2.45) is 0 Å². The van der Waals surface area contributed by atoms with Crippen molar-refractivity contribution < 1.29 is 4.74 Å². The van der Waals surface area contributed by atoms with Crippen LogP contribution < -0.4 is 21.2 Å². The molecule has 380 valence electrons. The maximum Gasteiger partial charge on any atom is 0.0481 e. The summed E-state index contributed by atoms with van der Waals surface area (Å²) in [5.74, 6) is 0.334. The van der Waals surface area contributed by atoms with Crippen LogP contribution in [0.3, 0.4) is 0 Å². The summed E-state index contributed by atoms with van der Waals surface area (Å²) >= 11 is 0. The van der Waals surface area contributed by atoms with Gasteiger partial charge >= 0.3 is 0 Å². The molecular weight excluding hydrogens is 987 g/mol. The Balaban J connectivity index is 1.01. The van der Waals surface area contributed by atoms with Gasteiger partial charge in [-0.1, -0.05) is 237 Å². The maximum atomic E-state index is 6.21. The Hall–Kier alpha value is -4.68. The average Bonchev–Trinajstić information content (AvgIpc) is 4.11. The van der Waals surface area contributed by atoms with Gasteiger partial charge in [0.25, 0.3) is 0 Å². The molecule has 0 saturated carbocycles. The van der Waals surface area contributed by atoms with Crippen molar-refractivity contribution in [2.75, 3.05) is 33.4 Å². The van der Waals surface area contributed by atoms with Crippen LogP contribution in [0.1, 0.15) is 101 Å². The van der Waals surface area contributed by atoms with Crippen LogP contribution >= 0.6 is 32.3 Å². The molecule has 4 nitrogen and oxygen atoms in total. The third-order valence-electron chi connectivity index (χ3n) is 16.5. The minimum absolute atomic E-state index is 0.323. The first-order valence-corrected chi connectivity index (χ1v) is 33.1. The van der Waals surface area contributed by atoms with Gasteiger partial charge in [-0.05, 0) is 136 Å². The summed E-state index contributed by atoms with van der Waals surface area (Å²) in [6.07, 6.45) is 8.07. The number of hydrogen-bond acceptors (Lipinski definition) is 4. The first-order chi connectivity index (χ1) is 37.2. The van der Waals surface area contributed by atoms with Gasteiger partial charge in [-0.3, -0.25) is 0 Å². The molecule has 75 heavy (non-hydrogen) atoms. The monoisotopic (exact) mass is 1060 g/mol. The predicted octanol–water partition coefficient (Wildman–Crippen LogP) is 16.0. The minimum atomic E-state index is -0.879. The zero-order chi connectivity index (χ0) is 50.3. The number of piperidine rings is 1. The average molecular weight is 1060 g/mol. The molecule has 4 heterocycles. The van der Waals surface area contributed by atoms with Crippen molar-refractivity contribution in [3.8, 4) is 0 Å². The predicted molar refractivity (Wildman–Crippen MR) is 323 cm³/mol. The summed E-state index contributed by atoms with van der Waals surface area (Å²) in [7, 11) is -0.850. The van der Waals surface area contributed by atoms with Gasteiger partial charge in [0.2, 0.25) is 0 Å². The molecule has 0 aliphatic carbocycles. The van der Waals surface area contributed by atoms with Crippen LogP contribution in [0.4, 0.5) is 0 Å². The van der Waals surface area contributed by atoms with Crippen LogP contribution in [0.5, 0.6) is 0 Å². The fourth-order valence-corrected chi connectivity index (χ4v) is 28.7. The number of likely N-dealkylation sites (tertiary alicyclic amines) is 1. The summed E-state index contributed by atoms with van der Waals surface area (Å²) in [6, 6.07) is 93.0. The minimum Gasteiger partial charge on any atom is -0.381 e. The van der Waals surface area contributed by atoms with E-state index in [0.717, 1.165) is 45.6 Å². The topological polar surface area (TPSA) is 19.0 Å². The molecule has 8 heteroatoms. The van der Waals surface area contributed by atoms with Gasteiger partial charge in [0, 0.05) is 64.1 Å². The lowest BCUT2D eigenvalue weighted by Crippen LogP contribution is -2.42. The van der Waals surface area contributed by atoms with E-state index >= 15 is 0 Å². The molecule has 4 saturated heterocycles. The second kappa shape index (κ2) is 24.3. The van der Waals surface area contributed by atoms with Crippen LogP contribution in [0.2, 0.25) is 0 Å². The highest BCUT2D eigenvalue weighted by Gasteiger charge is 2.52. The van der Waals surface area contributed by atoms with E-state index in [4.69, 9.17) is 4.74 Å². The highest BCUT2D eigenvalue weighted by molar-refractivity contribution is 7.80. The Labute approximate surface area is 452 Å². The standard InChI is InChI=1S/C67H71N3OP4/c1-68-47-43-57(44-48-68)69(74-64(53-23-9-2-10-24-53)41-42-65(74)54-25-11-3-12-26-54)73(61-35-21-8-22-36-61)62-39-37-52(38-40-62)63-51-66(55-27-13-4-14-28-55)75(67(63)56-29-15-5-16-30-56)70(58-45-49-71-50-46-58)72(59-31-17-6-18-32-59)60-33-19-7-20-34-60/h2-40,57-58,63-67H,41-51H2,1H3/t63?,64-,65-,66-,67+,73?,75?/m1/s1. The Morgan fingerprint density at radius 2 is 0.733 bits per heavy atom. The van der Waals surface area contributed by atoms with E-state index in [0.29, 0.717) is 40.6 Å². The second-order valence-electron chi connectivity index (χ2n) is 21.1. The van der Waals surface area contributed by atoms with E-state index < -0.39 is 32.3 Å². The van der Waals surface area contributed by atoms with E-state index in [1.165, 1.54) is 74.7 Å². The summed E-state index contributed by atoms with van der Waals surface area (Å²) in [5.41, 5.74) is 9.22. The summed E-state index contributed by atoms with van der Waals surface area (Å²) in [4.78, 5) is 2.56. The number of ether oxygens (including phenoxy) is 1. The SMILES string of the molecule is CN1CCC(N(P(c2ccccc2)c2ccc(C3C[C@H](c4ccccc4)P(N(C4CCOCC4)P(c4ccccc4)c4ccccc4)[C@H]3c3ccccc3)cc2)P2[C@@H](c3ccccc3)CC[C@@H]2c2ccccc2)CC1. The van der Waals surface area contributed by atoms with Crippen molar-refractivity contribution in [3.63, 3.8) is 0 Å². The normalized spacial score (nSPS) is 23.5. The summed E-state index contributed by atoms with van der Waals surface area (Å²) in [5, 5.41) is 5.85. The van der Waals surface area contributed by atoms with Crippen LogP contribution in [-0.4, -0.2) is 59.2 Å². The highest BCUT2D eigenvalue weighted by Crippen LogP contribution is 2.81. The lowest BCUT2D eigenvalue weighted by molar-refractivity contribution is 0.0725. The van der Waals surface area contributed by atoms with Crippen LogP contribution in [0.25, 0.3) is 0 Å². The first-order valence-electron chi connectivity index (χ1n) is 27.6. The first kappa shape index (κ1) is 51.1. The van der Waals surface area contributed by atoms with Crippen molar-refractivity contribution in [2.45, 2.75) is 85.6 Å². The molecule has 4 aliphatic rings. The third-order valence-corrected chi connectivity index (χ3v) is 29.8. The molecule has 0 radical (unpaired) electrons. The lowest BCUT2D eigenvalue weighted by Gasteiger charge is -2.48. The van der Waals surface area contributed by atoms with Crippen molar-refractivity contribution in [1.82, 2.24) is 13.8 Å². The molecule has 8 aromatic carbocycles. The molecule has 4 aliphatic heterocycles. The summed E-state index contributed by atoms with van der Waals surface area (Å²) in [6.45, 7) is 3.91. The van der Waals surface area contributed by atoms with Gasteiger partial charge in [0.05, 0.1) is 0 Å². The molecular formula is C67H71N3OP4. The Morgan fingerprint density at radius 1 is 0.373 bits per heavy atom. The fraction of sp³-hybridized carbons (Fsp3) is 0.284. The molecule has 12 rings (SSSR count). The van der Waals surface area contributed by atoms with Crippen molar-refractivity contribution >= 4 is 53.5 Å². The zero-order valence-corrected chi connectivity index (χ0v) is 47.0. The van der Waals surface area contributed by atoms with Crippen LogP contribution in [-0.2, 0) is 4.74 Å². The third kappa shape index (κ3) is 11.1. The van der Waals surface area contributed by atoms with Crippen molar-refractivity contribution in [1.29, 1.82) is 0 Å². The van der Waals surface area contributed by atoms with Gasteiger partial charge in [-0.15, -0.1) is 0 Å². The molecule has 0 spiro atoms. The van der Waals surface area contributed by atoms with Gasteiger partial charge in [0.1, 0.15) is 0 Å². The maximum absolute atomic E-state index is 6.21. The van der Waals surface area contributed by atoms with Crippen molar-refractivity contribution in [3.05, 3.63) is 264 Å². The van der Waals surface area contributed by atoms with Gasteiger partial charge < -0.3 is 9.64 Å². The lowest BCUT2D eigenvalue weighted by atomic mass is 9.87. The Bertz CT molecular complexity index is 2900. The molecule has 8 aromatic rings. The van der Waals surface area contributed by atoms with Gasteiger partial charge in [-0.25, -0.2) is 8.88 Å². The van der Waals surface area contributed by atoms with E-state index in [9.17, 15) is 0 Å². The van der Waals surface area contributed by atoms with E-state index in [-0.39, 0.29) is 0 Å². The number of hydrogen-bond donors (Lipinski definition) is 0. The molecule has 0 aromatic heterocycles. The molecule has 0 amide bonds. The van der Waals surface area contributed by atoms with Gasteiger partial charge in [-0.2, -0.15) is 0 Å². The number of nitrogens with zero attached hydrogens (tertiary/aromatic N) is 3. The van der Waals surface area contributed by atoms with E-state index in [2.05, 4.69) is 257 Å². The zero-order valence-electron chi connectivity index (χ0n) is 43.4. The van der Waals surface area contributed by atoms with E-state index in [1.807, 2.05) is 0 Å². The Kier molecular flexibility index (Phi) is 16.6. The molecule has 3 unspecified atom stereocenters. The molecule has 7 atom stereocenters. The number of rotatable bonds is 15. The quantitative estimate of drug-likeness (QED) is 0.0953. The largest absolute Gasteiger partial charge is 0.381 e. The molecule has 4 fully saturated rings. The second-order valence-corrected chi connectivity index (χ2v) is 30.7. The highest BCUT2D eigenvalue weighted by atomic mass is 31.2. The number of benzene rings is 8. The van der Waals surface area contributed by atoms with Crippen LogP contribution in [0, 0.1) is 0 Å².